The average Bonchev–Trinajstić information content (AvgIpc) is 3.72. The molecule has 13 rings (SSSR count). The van der Waals surface area contributed by atoms with Crippen LogP contribution >= 0.6 is 0 Å². The van der Waals surface area contributed by atoms with E-state index in [9.17, 15) is 0 Å². The highest BCUT2D eigenvalue weighted by atomic mass is 15.0. The van der Waals surface area contributed by atoms with Crippen LogP contribution in [0.5, 0.6) is 0 Å². The Balaban J connectivity index is 0.776. The van der Waals surface area contributed by atoms with E-state index >= 15 is 0 Å². The van der Waals surface area contributed by atoms with Crippen LogP contribution in [0.15, 0.2) is 237 Å². The Bertz CT molecular complexity index is 3940. The van der Waals surface area contributed by atoms with E-state index in [1.165, 1.54) is 82.3 Å². The molecule has 0 fully saturated rings. The largest absolute Gasteiger partial charge is 0.309 e. The summed E-state index contributed by atoms with van der Waals surface area (Å²) in [6.07, 6.45) is 1.91. The van der Waals surface area contributed by atoms with Crippen molar-refractivity contribution in [3.05, 3.63) is 237 Å². The maximum Gasteiger partial charge on any atom is 0.0979 e. The van der Waals surface area contributed by atoms with Crippen LogP contribution in [0.3, 0.4) is 0 Å². The van der Waals surface area contributed by atoms with Gasteiger partial charge in [-0.15, -0.1) is 0 Å². The average molecular weight is 826 g/mol. The maximum atomic E-state index is 5.20. The lowest BCUT2D eigenvalue weighted by Crippen LogP contribution is -1.93. The molecular weight excluding hydrogens is 787 g/mol. The molecule has 65 heavy (non-hydrogen) atoms. The first-order valence-corrected chi connectivity index (χ1v) is 22.2. The molecule has 0 saturated carbocycles. The van der Waals surface area contributed by atoms with Crippen molar-refractivity contribution in [1.82, 2.24) is 14.5 Å². The fourth-order valence-electron chi connectivity index (χ4n) is 9.93. The molecule has 0 amide bonds. The second-order valence-electron chi connectivity index (χ2n) is 17.0. The predicted octanol–water partition coefficient (Wildman–Crippen LogP) is 16.5. The molecule has 0 aliphatic heterocycles. The molecule has 302 valence electrons. The van der Waals surface area contributed by atoms with E-state index in [1.807, 2.05) is 6.20 Å². The number of hydrogen-bond donors (Lipinski definition) is 0. The molecule has 3 nitrogen and oxygen atoms in total. The molecule has 13 aromatic rings. The molecule has 0 aliphatic rings. The molecule has 0 aliphatic carbocycles. The smallest absolute Gasteiger partial charge is 0.0979 e. The Labute approximate surface area is 376 Å². The van der Waals surface area contributed by atoms with Crippen molar-refractivity contribution in [1.29, 1.82) is 0 Å². The molecule has 0 bridgehead atoms. The van der Waals surface area contributed by atoms with Crippen LogP contribution in [-0.2, 0) is 0 Å². The van der Waals surface area contributed by atoms with Crippen molar-refractivity contribution in [2.45, 2.75) is 0 Å². The highest BCUT2D eigenvalue weighted by Gasteiger charge is 2.15. The Morgan fingerprint density at radius 2 is 0.754 bits per heavy atom. The summed E-state index contributed by atoms with van der Waals surface area (Å²) in [5.41, 5.74) is 16.9. The van der Waals surface area contributed by atoms with Gasteiger partial charge in [0.05, 0.1) is 34.0 Å². The molecule has 2 heterocycles. The monoisotopic (exact) mass is 825 g/mol. The van der Waals surface area contributed by atoms with Crippen molar-refractivity contribution in [2.75, 3.05) is 0 Å². The number of benzene rings is 11. The molecule has 2 aromatic heterocycles. The molecule has 0 N–H and O–H groups in total. The number of fused-ring (bicyclic) bond motifs is 10. The van der Waals surface area contributed by atoms with Gasteiger partial charge in [0.1, 0.15) is 0 Å². The minimum atomic E-state index is 0.867. The van der Waals surface area contributed by atoms with E-state index in [0.717, 1.165) is 44.3 Å². The lowest BCUT2D eigenvalue weighted by molar-refractivity contribution is 1.18. The first-order chi connectivity index (χ1) is 32.2. The summed E-state index contributed by atoms with van der Waals surface area (Å²) in [6, 6.07) is 83.3. The van der Waals surface area contributed by atoms with E-state index in [2.05, 4.69) is 235 Å². The summed E-state index contributed by atoms with van der Waals surface area (Å²) in [5.74, 6) is 0. The minimum absolute atomic E-state index is 0.867. The van der Waals surface area contributed by atoms with Gasteiger partial charge in [0, 0.05) is 32.8 Å². The normalized spacial score (nSPS) is 11.7. The Morgan fingerprint density at radius 1 is 0.277 bits per heavy atom. The Morgan fingerprint density at radius 3 is 1.43 bits per heavy atom. The van der Waals surface area contributed by atoms with Gasteiger partial charge in [-0.2, -0.15) is 0 Å². The highest BCUT2D eigenvalue weighted by Crippen LogP contribution is 2.38. The van der Waals surface area contributed by atoms with E-state index in [1.54, 1.807) is 0 Å². The third-order valence-corrected chi connectivity index (χ3v) is 13.2. The van der Waals surface area contributed by atoms with Gasteiger partial charge in [-0.25, -0.2) is 4.98 Å². The summed E-state index contributed by atoms with van der Waals surface area (Å²) in [5, 5.41) is 9.66. The van der Waals surface area contributed by atoms with Gasteiger partial charge >= 0.3 is 0 Å². The zero-order chi connectivity index (χ0) is 42.8. The summed E-state index contributed by atoms with van der Waals surface area (Å²) in [6.45, 7) is 0. The van der Waals surface area contributed by atoms with Gasteiger partial charge in [0.15, 0.2) is 0 Å². The Kier molecular flexibility index (Phi) is 8.53. The maximum absolute atomic E-state index is 5.20. The van der Waals surface area contributed by atoms with Crippen LogP contribution in [0.2, 0.25) is 0 Å². The fourth-order valence-corrected chi connectivity index (χ4v) is 9.93. The number of aromatic nitrogens is 3. The van der Waals surface area contributed by atoms with Gasteiger partial charge in [-0.05, 0) is 109 Å². The zero-order valence-electron chi connectivity index (χ0n) is 35.4. The fraction of sp³-hybridized carbons (Fsp3) is 0. The lowest BCUT2D eigenvalue weighted by Gasteiger charge is -2.11. The van der Waals surface area contributed by atoms with Crippen LogP contribution < -0.4 is 0 Å². The predicted molar refractivity (Wildman–Crippen MR) is 274 cm³/mol. The molecule has 0 atom stereocenters. The summed E-state index contributed by atoms with van der Waals surface area (Å²) in [4.78, 5) is 10.2. The number of nitrogens with zero attached hydrogens (tertiary/aromatic N) is 3. The first-order valence-electron chi connectivity index (χ1n) is 22.2. The molecule has 0 spiro atoms. The molecule has 11 aromatic carbocycles. The van der Waals surface area contributed by atoms with E-state index < -0.39 is 0 Å². The third kappa shape index (κ3) is 6.28. The zero-order valence-corrected chi connectivity index (χ0v) is 35.4. The van der Waals surface area contributed by atoms with Crippen molar-refractivity contribution < 1.29 is 0 Å². The van der Waals surface area contributed by atoms with Gasteiger partial charge in [0.25, 0.3) is 0 Å². The van der Waals surface area contributed by atoms with Gasteiger partial charge in [0.2, 0.25) is 0 Å². The second kappa shape index (κ2) is 15.0. The van der Waals surface area contributed by atoms with Gasteiger partial charge < -0.3 is 4.57 Å². The van der Waals surface area contributed by atoms with Gasteiger partial charge in [-0.3, -0.25) is 4.98 Å². The van der Waals surface area contributed by atoms with Crippen molar-refractivity contribution in [2.24, 2.45) is 0 Å². The van der Waals surface area contributed by atoms with Gasteiger partial charge in [-0.1, -0.05) is 188 Å². The van der Waals surface area contributed by atoms with Crippen LogP contribution in [0.1, 0.15) is 0 Å². The molecule has 3 heteroatoms. The summed E-state index contributed by atoms with van der Waals surface area (Å²) < 4.78 is 2.39. The molecule has 0 radical (unpaired) electrons. The summed E-state index contributed by atoms with van der Waals surface area (Å²) in [7, 11) is 0. The van der Waals surface area contributed by atoms with Crippen molar-refractivity contribution in [3.63, 3.8) is 0 Å². The topological polar surface area (TPSA) is 30.7 Å². The SMILES string of the molecule is c1cc(-c2ccc(-c3ccc4c(c3)c3ccccc3n4-c3ccc(-c4ccc5ccccc5c4)cc3)cc2)cc(-c2ccc(-c3cnc4c5ccccc5c5ccccc5c4n3)cc2)c1. The lowest BCUT2D eigenvalue weighted by atomic mass is 9.96. The standard InChI is InChI=1S/C62H39N3/c1-2-11-46-37-49(29-26-40(46)10-1)44-30-33-51(34-31-44)65-59-19-8-7-16-54(59)57-38-50(32-35-60(57)65)43-22-20-41(21-23-43)47-12-9-13-48(36-47)42-24-27-45(28-25-42)58-39-63-61-55-17-5-3-14-52(55)53-15-4-6-18-56(53)62(61)64-58/h1-39H. The third-order valence-electron chi connectivity index (χ3n) is 13.2. The Hall–Kier alpha value is -8.66. The molecule has 0 unspecified atom stereocenters. The van der Waals surface area contributed by atoms with E-state index in [-0.39, 0.29) is 0 Å². The number of hydrogen-bond acceptors (Lipinski definition) is 2. The van der Waals surface area contributed by atoms with Crippen molar-refractivity contribution in [3.8, 4) is 61.5 Å². The molecular formula is C62H39N3. The summed E-state index contributed by atoms with van der Waals surface area (Å²) >= 11 is 0. The number of para-hydroxylation sites is 1. The second-order valence-corrected chi connectivity index (χ2v) is 17.0. The minimum Gasteiger partial charge on any atom is -0.309 e. The number of rotatable bonds is 6. The highest BCUT2D eigenvalue weighted by molar-refractivity contribution is 6.23. The van der Waals surface area contributed by atoms with E-state index in [0.29, 0.717) is 0 Å². The van der Waals surface area contributed by atoms with Crippen molar-refractivity contribution >= 4 is 65.2 Å². The van der Waals surface area contributed by atoms with Crippen LogP contribution in [0.25, 0.3) is 127 Å². The first kappa shape index (κ1) is 36.9. The quantitative estimate of drug-likeness (QED) is 0.156. The van der Waals surface area contributed by atoms with E-state index in [4.69, 9.17) is 9.97 Å². The molecule has 0 saturated heterocycles. The van der Waals surface area contributed by atoms with Crippen LogP contribution in [0.4, 0.5) is 0 Å². The van der Waals surface area contributed by atoms with Crippen LogP contribution in [-0.4, -0.2) is 14.5 Å². The van der Waals surface area contributed by atoms with Crippen LogP contribution in [0, 0.1) is 0 Å².